The lowest BCUT2D eigenvalue weighted by atomic mass is 10.6. The molecular weight excluding hydrogens is 134 g/mol. The molecule has 1 aromatic rings. The number of carbonyl (C=O) groups excluding carboxylic acids is 1. The quantitative estimate of drug-likeness (QED) is 0.553. The van der Waals surface area contributed by atoms with Gasteiger partial charge in [0.25, 0.3) is 0 Å². The van der Waals surface area contributed by atoms with Crippen LogP contribution in [0, 0.1) is 0 Å². The Hall–Kier alpha value is -1.36. The summed E-state index contributed by atoms with van der Waals surface area (Å²) < 4.78 is 1.43. The van der Waals surface area contributed by atoms with Crippen LogP contribution in [0.2, 0.25) is 0 Å². The molecule has 10 heavy (non-hydrogen) atoms. The smallest absolute Gasteiger partial charge is 0.346 e. The van der Waals surface area contributed by atoms with Gasteiger partial charge in [0.15, 0.2) is 0 Å². The molecular formula is C5H7N3O2. The Kier molecular flexibility index (Phi) is 2.01. The number of nitrogens with zero attached hydrogens (tertiary/aromatic N) is 2. The molecule has 0 fully saturated rings. The zero-order valence-electron chi connectivity index (χ0n) is 5.23. The van der Waals surface area contributed by atoms with Crippen LogP contribution >= 0.6 is 0 Å². The summed E-state index contributed by atoms with van der Waals surface area (Å²) >= 11 is 0. The van der Waals surface area contributed by atoms with Gasteiger partial charge in [-0.25, -0.2) is 4.79 Å². The molecule has 2 N–H and O–H groups in total. The number of rotatable bonds is 2. The third kappa shape index (κ3) is 1.56. The molecule has 1 heterocycles. The van der Waals surface area contributed by atoms with Crippen LogP contribution in [0.3, 0.4) is 0 Å². The topological polar surface area (TPSA) is 70.1 Å². The van der Waals surface area contributed by atoms with Crippen molar-refractivity contribution < 1.29 is 9.63 Å². The highest BCUT2D eigenvalue weighted by molar-refractivity contribution is 5.68. The summed E-state index contributed by atoms with van der Waals surface area (Å²) in [5.74, 6) is 4.09. The van der Waals surface area contributed by atoms with E-state index in [9.17, 15) is 4.79 Å². The number of nitrogens with two attached hydrogens (primary N) is 1. The van der Waals surface area contributed by atoms with Crippen molar-refractivity contribution in [3.8, 4) is 0 Å². The minimum absolute atomic E-state index is 0.0590. The van der Waals surface area contributed by atoms with E-state index in [1.165, 1.54) is 4.68 Å². The molecule has 1 rings (SSSR count). The molecule has 0 aliphatic rings. The fourth-order valence-corrected chi connectivity index (χ4v) is 0.564. The van der Waals surface area contributed by atoms with E-state index in [0.29, 0.717) is 0 Å². The monoisotopic (exact) mass is 141 g/mol. The van der Waals surface area contributed by atoms with Gasteiger partial charge in [-0.05, 0) is 6.07 Å². The summed E-state index contributed by atoms with van der Waals surface area (Å²) in [5.41, 5.74) is 0. The van der Waals surface area contributed by atoms with E-state index in [-0.39, 0.29) is 6.54 Å². The van der Waals surface area contributed by atoms with Gasteiger partial charge in [-0.15, -0.1) is 0 Å². The summed E-state index contributed by atoms with van der Waals surface area (Å²) in [6, 6.07) is 1.71. The Morgan fingerprint density at radius 1 is 1.80 bits per heavy atom. The second-order valence-corrected chi connectivity index (χ2v) is 1.69. The lowest BCUT2D eigenvalue weighted by Gasteiger charge is -1.96. The van der Waals surface area contributed by atoms with E-state index < -0.39 is 5.97 Å². The summed E-state index contributed by atoms with van der Waals surface area (Å²) in [4.78, 5) is 14.4. The normalized spacial score (nSPS) is 9.30. The molecule has 5 heteroatoms. The first-order chi connectivity index (χ1) is 4.83. The van der Waals surface area contributed by atoms with Gasteiger partial charge in [-0.2, -0.15) is 11.0 Å². The first-order valence-electron chi connectivity index (χ1n) is 2.70. The molecule has 0 unspecified atom stereocenters. The van der Waals surface area contributed by atoms with Crippen molar-refractivity contribution in [3.63, 3.8) is 0 Å². The van der Waals surface area contributed by atoms with E-state index in [0.717, 1.165) is 0 Å². The molecule has 0 atom stereocenters. The standard InChI is InChI=1S/C5H7N3O2/c6-10-5(9)4-8-3-1-2-7-8/h1-3H,4,6H2. The van der Waals surface area contributed by atoms with Crippen molar-refractivity contribution in [2.24, 2.45) is 5.90 Å². The summed E-state index contributed by atoms with van der Waals surface area (Å²) in [6.07, 6.45) is 3.22. The molecule has 0 radical (unpaired) electrons. The van der Waals surface area contributed by atoms with Crippen LogP contribution in [0.4, 0.5) is 0 Å². The molecule has 0 bridgehead atoms. The van der Waals surface area contributed by atoms with Gasteiger partial charge in [0.2, 0.25) is 0 Å². The highest BCUT2D eigenvalue weighted by Gasteiger charge is 2.00. The molecule has 5 nitrogen and oxygen atoms in total. The fraction of sp³-hybridized carbons (Fsp3) is 0.200. The zero-order chi connectivity index (χ0) is 7.40. The fourth-order valence-electron chi connectivity index (χ4n) is 0.564. The Morgan fingerprint density at radius 3 is 3.10 bits per heavy atom. The summed E-state index contributed by atoms with van der Waals surface area (Å²) in [5, 5.41) is 3.76. The predicted molar refractivity (Wildman–Crippen MR) is 32.5 cm³/mol. The van der Waals surface area contributed by atoms with Gasteiger partial charge >= 0.3 is 5.97 Å². The van der Waals surface area contributed by atoms with Crippen LogP contribution in [0.15, 0.2) is 18.5 Å². The van der Waals surface area contributed by atoms with E-state index in [1.807, 2.05) is 0 Å². The number of carbonyl (C=O) groups is 1. The highest BCUT2D eigenvalue weighted by atomic mass is 16.7. The molecule has 0 amide bonds. The van der Waals surface area contributed by atoms with Crippen molar-refractivity contribution >= 4 is 5.97 Å². The Morgan fingerprint density at radius 2 is 2.60 bits per heavy atom. The average molecular weight is 141 g/mol. The van der Waals surface area contributed by atoms with E-state index in [4.69, 9.17) is 0 Å². The van der Waals surface area contributed by atoms with Gasteiger partial charge in [0.1, 0.15) is 6.54 Å². The SMILES string of the molecule is NOC(=O)Cn1cccn1. The van der Waals surface area contributed by atoms with Crippen molar-refractivity contribution in [2.45, 2.75) is 6.54 Å². The van der Waals surface area contributed by atoms with Crippen LogP contribution in [0.5, 0.6) is 0 Å². The summed E-state index contributed by atoms with van der Waals surface area (Å²) in [6.45, 7) is 0.0590. The Bertz CT molecular complexity index is 207. The number of hydrogen-bond donors (Lipinski definition) is 1. The zero-order valence-corrected chi connectivity index (χ0v) is 5.23. The maximum absolute atomic E-state index is 10.5. The van der Waals surface area contributed by atoms with Gasteiger partial charge in [-0.3, -0.25) is 4.68 Å². The van der Waals surface area contributed by atoms with Crippen molar-refractivity contribution in [1.29, 1.82) is 0 Å². The lowest BCUT2D eigenvalue weighted by molar-refractivity contribution is -0.145. The number of aromatic nitrogens is 2. The Labute approximate surface area is 57.3 Å². The molecule has 0 spiro atoms. The maximum atomic E-state index is 10.5. The first kappa shape index (κ1) is 6.76. The van der Waals surface area contributed by atoms with Gasteiger partial charge in [0, 0.05) is 12.4 Å². The largest absolute Gasteiger partial charge is 0.372 e. The minimum Gasteiger partial charge on any atom is -0.372 e. The number of hydrogen-bond acceptors (Lipinski definition) is 4. The lowest BCUT2D eigenvalue weighted by Crippen LogP contribution is -2.16. The van der Waals surface area contributed by atoms with Crippen LogP contribution in [-0.2, 0) is 16.2 Å². The molecule has 0 saturated carbocycles. The summed E-state index contributed by atoms with van der Waals surface area (Å²) in [7, 11) is 0. The van der Waals surface area contributed by atoms with Crippen LogP contribution in [-0.4, -0.2) is 15.7 Å². The van der Waals surface area contributed by atoms with Crippen molar-refractivity contribution in [1.82, 2.24) is 9.78 Å². The van der Waals surface area contributed by atoms with E-state index >= 15 is 0 Å². The van der Waals surface area contributed by atoms with Crippen LogP contribution in [0.1, 0.15) is 0 Å². The molecule has 1 aromatic heterocycles. The molecule has 54 valence electrons. The average Bonchev–Trinajstić information content (AvgIpc) is 2.40. The Balaban J connectivity index is 2.48. The molecule has 0 aromatic carbocycles. The van der Waals surface area contributed by atoms with Crippen molar-refractivity contribution in [2.75, 3.05) is 0 Å². The maximum Gasteiger partial charge on any atom is 0.346 e. The first-order valence-corrected chi connectivity index (χ1v) is 2.70. The predicted octanol–water partition coefficient (Wildman–Crippen LogP) is -0.700. The second kappa shape index (κ2) is 2.98. The molecule has 0 aliphatic carbocycles. The third-order valence-electron chi connectivity index (χ3n) is 0.982. The van der Waals surface area contributed by atoms with Gasteiger partial charge in [-0.1, -0.05) is 0 Å². The minimum atomic E-state index is -0.510. The van der Waals surface area contributed by atoms with Crippen LogP contribution < -0.4 is 5.90 Å². The van der Waals surface area contributed by atoms with Crippen molar-refractivity contribution in [3.05, 3.63) is 18.5 Å². The molecule has 0 aliphatic heterocycles. The second-order valence-electron chi connectivity index (χ2n) is 1.69. The highest BCUT2D eigenvalue weighted by Crippen LogP contribution is 1.84. The third-order valence-corrected chi connectivity index (χ3v) is 0.982. The van der Waals surface area contributed by atoms with Gasteiger partial charge < -0.3 is 4.84 Å². The molecule has 0 saturated heterocycles. The van der Waals surface area contributed by atoms with E-state index in [2.05, 4.69) is 15.8 Å². The van der Waals surface area contributed by atoms with Gasteiger partial charge in [0.05, 0.1) is 0 Å². The van der Waals surface area contributed by atoms with E-state index in [1.54, 1.807) is 18.5 Å². The van der Waals surface area contributed by atoms with Crippen LogP contribution in [0.25, 0.3) is 0 Å².